The lowest BCUT2D eigenvalue weighted by Gasteiger charge is -2.24. The van der Waals surface area contributed by atoms with Crippen LogP contribution in [0.5, 0.6) is 0 Å². The lowest BCUT2D eigenvalue weighted by atomic mass is 10.1. The van der Waals surface area contributed by atoms with Crippen LogP contribution in [0.4, 0.5) is 5.69 Å². The predicted molar refractivity (Wildman–Crippen MR) is 74.7 cm³/mol. The van der Waals surface area contributed by atoms with Crippen molar-refractivity contribution in [3.63, 3.8) is 0 Å². The van der Waals surface area contributed by atoms with Gasteiger partial charge in [-0.1, -0.05) is 17.7 Å². The zero-order valence-corrected chi connectivity index (χ0v) is 11.4. The molecule has 0 aliphatic heterocycles. The zero-order valence-electron chi connectivity index (χ0n) is 10.6. The molecule has 2 N–H and O–H groups in total. The molecule has 0 aromatic heterocycles. The molecule has 1 aliphatic carbocycles. The lowest BCUT2D eigenvalue weighted by molar-refractivity contribution is 0.741. The van der Waals surface area contributed by atoms with Gasteiger partial charge >= 0.3 is 0 Å². The van der Waals surface area contributed by atoms with E-state index in [-0.39, 0.29) is 6.04 Å². The first-order chi connectivity index (χ1) is 8.11. The zero-order chi connectivity index (χ0) is 12.4. The van der Waals surface area contributed by atoms with Gasteiger partial charge in [-0.15, -0.1) is 0 Å². The molecule has 0 saturated heterocycles. The molecule has 0 spiro atoms. The summed E-state index contributed by atoms with van der Waals surface area (Å²) in [7, 11) is 0. The van der Waals surface area contributed by atoms with Gasteiger partial charge in [0.05, 0.1) is 10.7 Å². The minimum absolute atomic E-state index is 0.0417. The van der Waals surface area contributed by atoms with E-state index in [1.807, 2.05) is 13.0 Å². The van der Waals surface area contributed by atoms with Crippen LogP contribution >= 0.6 is 11.6 Å². The summed E-state index contributed by atoms with van der Waals surface area (Å²) in [6.07, 6.45) is 2.73. The Balaban J connectivity index is 2.17. The molecule has 0 amide bonds. The molecule has 1 saturated carbocycles. The van der Waals surface area contributed by atoms with Crippen molar-refractivity contribution in [2.45, 2.75) is 32.7 Å². The van der Waals surface area contributed by atoms with Crippen molar-refractivity contribution >= 4 is 17.3 Å². The van der Waals surface area contributed by atoms with E-state index >= 15 is 0 Å². The molecule has 1 unspecified atom stereocenters. The number of hydrogen-bond donors (Lipinski definition) is 1. The first-order valence-corrected chi connectivity index (χ1v) is 6.79. The normalized spacial score (nSPS) is 16.9. The predicted octanol–water partition coefficient (Wildman–Crippen LogP) is 3.60. The number of rotatable bonds is 5. The van der Waals surface area contributed by atoms with Crippen molar-refractivity contribution in [3.05, 3.63) is 28.8 Å². The van der Waals surface area contributed by atoms with Crippen molar-refractivity contribution < 1.29 is 0 Å². The monoisotopic (exact) mass is 252 g/mol. The highest BCUT2D eigenvalue weighted by molar-refractivity contribution is 6.33. The van der Waals surface area contributed by atoms with Gasteiger partial charge in [0.15, 0.2) is 0 Å². The molecule has 2 rings (SSSR count). The summed E-state index contributed by atoms with van der Waals surface area (Å²) >= 11 is 6.35. The second-order valence-corrected chi connectivity index (χ2v) is 5.39. The molecule has 1 aromatic carbocycles. The smallest absolute Gasteiger partial charge is 0.0642 e. The van der Waals surface area contributed by atoms with Crippen LogP contribution in [0.15, 0.2) is 18.2 Å². The van der Waals surface area contributed by atoms with Crippen LogP contribution in [0.1, 0.15) is 38.3 Å². The fraction of sp³-hybridized carbons (Fsp3) is 0.571. The molecule has 1 atom stereocenters. The van der Waals surface area contributed by atoms with Crippen molar-refractivity contribution in [2.75, 3.05) is 18.0 Å². The maximum absolute atomic E-state index is 6.35. The van der Waals surface area contributed by atoms with Gasteiger partial charge in [0.25, 0.3) is 0 Å². The fourth-order valence-corrected chi connectivity index (χ4v) is 2.38. The largest absolute Gasteiger partial charge is 0.370 e. The quantitative estimate of drug-likeness (QED) is 0.868. The third-order valence-electron chi connectivity index (χ3n) is 3.40. The Morgan fingerprint density at radius 2 is 2.18 bits per heavy atom. The molecular weight excluding hydrogens is 232 g/mol. The number of nitrogens with two attached hydrogens (primary N) is 1. The highest BCUT2D eigenvalue weighted by Crippen LogP contribution is 2.34. The highest BCUT2D eigenvalue weighted by Gasteiger charge is 2.24. The van der Waals surface area contributed by atoms with E-state index in [2.05, 4.69) is 24.0 Å². The van der Waals surface area contributed by atoms with Crippen molar-refractivity contribution in [2.24, 2.45) is 11.7 Å². The van der Waals surface area contributed by atoms with E-state index in [0.29, 0.717) is 0 Å². The first-order valence-electron chi connectivity index (χ1n) is 6.41. The molecule has 2 nitrogen and oxygen atoms in total. The van der Waals surface area contributed by atoms with Crippen LogP contribution in [0.3, 0.4) is 0 Å². The summed E-state index contributed by atoms with van der Waals surface area (Å²) in [4.78, 5) is 2.37. The third-order valence-corrected chi connectivity index (χ3v) is 3.70. The van der Waals surface area contributed by atoms with E-state index in [1.165, 1.54) is 12.8 Å². The molecule has 17 heavy (non-hydrogen) atoms. The van der Waals surface area contributed by atoms with Gasteiger partial charge in [-0.2, -0.15) is 0 Å². The Hall–Kier alpha value is -0.730. The first kappa shape index (κ1) is 12.7. The second kappa shape index (κ2) is 5.28. The number of halogens is 1. The molecule has 1 aromatic rings. The minimum atomic E-state index is 0.0417. The Kier molecular flexibility index (Phi) is 3.95. The summed E-state index contributed by atoms with van der Waals surface area (Å²) in [5.74, 6) is 0.874. The number of nitrogens with zero attached hydrogens (tertiary/aromatic N) is 1. The van der Waals surface area contributed by atoms with E-state index < -0.39 is 0 Å². The van der Waals surface area contributed by atoms with Crippen molar-refractivity contribution in [1.29, 1.82) is 0 Å². The molecule has 1 aliphatic rings. The number of anilines is 1. The fourth-order valence-electron chi connectivity index (χ4n) is 2.07. The Labute approximate surface area is 109 Å². The topological polar surface area (TPSA) is 29.3 Å². The molecule has 0 radical (unpaired) electrons. The van der Waals surface area contributed by atoms with E-state index in [0.717, 1.165) is 35.3 Å². The molecule has 94 valence electrons. The maximum Gasteiger partial charge on any atom is 0.0642 e. The lowest BCUT2D eigenvalue weighted by Crippen LogP contribution is -2.25. The number of benzene rings is 1. The third kappa shape index (κ3) is 3.14. The summed E-state index contributed by atoms with van der Waals surface area (Å²) in [5.41, 5.74) is 8.10. The van der Waals surface area contributed by atoms with Gasteiger partial charge in [-0.3, -0.25) is 0 Å². The SMILES string of the molecule is CCN(CC1CC1)c1ccc(C(C)N)cc1Cl. The standard InChI is InChI=1S/C14H21ClN2/c1-3-17(9-11-4-5-11)14-7-6-12(10(2)16)8-13(14)15/h6-8,10-11H,3-5,9,16H2,1-2H3. The van der Waals surface area contributed by atoms with Crippen LogP contribution in [0.2, 0.25) is 5.02 Å². The van der Waals surface area contributed by atoms with Crippen LogP contribution in [0.25, 0.3) is 0 Å². The minimum Gasteiger partial charge on any atom is -0.370 e. The molecule has 0 heterocycles. The Morgan fingerprint density at radius 1 is 1.47 bits per heavy atom. The van der Waals surface area contributed by atoms with E-state index in [9.17, 15) is 0 Å². The van der Waals surface area contributed by atoms with Crippen LogP contribution in [-0.2, 0) is 0 Å². The summed E-state index contributed by atoms with van der Waals surface area (Å²) in [6.45, 7) is 6.30. The maximum atomic E-state index is 6.35. The van der Waals surface area contributed by atoms with E-state index in [4.69, 9.17) is 17.3 Å². The van der Waals surface area contributed by atoms with Crippen LogP contribution < -0.4 is 10.6 Å². The average molecular weight is 253 g/mol. The highest BCUT2D eigenvalue weighted by atomic mass is 35.5. The van der Waals surface area contributed by atoms with Gasteiger partial charge < -0.3 is 10.6 Å². The Morgan fingerprint density at radius 3 is 2.65 bits per heavy atom. The average Bonchev–Trinajstić information content (AvgIpc) is 3.10. The summed E-state index contributed by atoms with van der Waals surface area (Å²) in [6, 6.07) is 6.23. The summed E-state index contributed by atoms with van der Waals surface area (Å²) < 4.78 is 0. The van der Waals surface area contributed by atoms with Crippen molar-refractivity contribution in [3.8, 4) is 0 Å². The van der Waals surface area contributed by atoms with Gasteiger partial charge in [0, 0.05) is 19.1 Å². The van der Waals surface area contributed by atoms with Crippen LogP contribution in [0, 0.1) is 5.92 Å². The van der Waals surface area contributed by atoms with Gasteiger partial charge in [0.1, 0.15) is 0 Å². The molecule has 0 bridgehead atoms. The van der Waals surface area contributed by atoms with Gasteiger partial charge in [-0.25, -0.2) is 0 Å². The number of hydrogen-bond acceptors (Lipinski definition) is 2. The second-order valence-electron chi connectivity index (χ2n) is 4.98. The molecule has 1 fully saturated rings. The molecular formula is C14H21ClN2. The van der Waals surface area contributed by atoms with Crippen LogP contribution in [-0.4, -0.2) is 13.1 Å². The Bertz CT molecular complexity index is 386. The van der Waals surface area contributed by atoms with Gasteiger partial charge in [0.2, 0.25) is 0 Å². The van der Waals surface area contributed by atoms with Crippen molar-refractivity contribution in [1.82, 2.24) is 0 Å². The molecule has 3 heteroatoms. The van der Waals surface area contributed by atoms with E-state index in [1.54, 1.807) is 0 Å². The van der Waals surface area contributed by atoms with Gasteiger partial charge in [-0.05, 0) is 50.3 Å². The summed E-state index contributed by atoms with van der Waals surface area (Å²) in [5, 5.41) is 0.822.